The normalized spacial score (nSPS) is 17.3. The van der Waals surface area contributed by atoms with Gasteiger partial charge in [-0.1, -0.05) is 19.8 Å². The van der Waals surface area contributed by atoms with Crippen molar-refractivity contribution >= 4 is 22.6 Å². The summed E-state index contributed by atoms with van der Waals surface area (Å²) in [6.45, 7) is 4.85. The van der Waals surface area contributed by atoms with E-state index in [1.165, 1.54) is 19.3 Å². The van der Waals surface area contributed by atoms with E-state index in [1.54, 1.807) is 6.92 Å². The van der Waals surface area contributed by atoms with E-state index < -0.39 is 5.54 Å². The fraction of sp³-hybridized carbons (Fsp3) is 0.556. The highest BCUT2D eigenvalue weighted by Crippen LogP contribution is 2.25. The second-order valence-electron chi connectivity index (χ2n) is 6.82. The molecule has 1 unspecified atom stereocenters. The first-order chi connectivity index (χ1) is 11.0. The standard InChI is InChI=1S/C18H26N4O/c1-3-10-18(2,19)17(23)20-13-8-9-15-14(12-13)21-16-7-5-4-6-11-22(15)16/h8-9,12H,3-7,10-11,19H2,1-2H3,(H,20,23). The molecule has 3 rings (SSSR count). The highest BCUT2D eigenvalue weighted by atomic mass is 16.2. The third-order valence-electron chi connectivity index (χ3n) is 4.66. The largest absolute Gasteiger partial charge is 0.328 e. The Hall–Kier alpha value is -1.88. The molecule has 1 atom stereocenters. The Bertz CT molecular complexity index is 717. The second kappa shape index (κ2) is 6.32. The summed E-state index contributed by atoms with van der Waals surface area (Å²) in [6.07, 6.45) is 6.27. The zero-order chi connectivity index (χ0) is 16.4. The number of aromatic nitrogens is 2. The molecule has 2 aromatic rings. The molecule has 1 amide bonds. The minimum absolute atomic E-state index is 0.139. The van der Waals surface area contributed by atoms with Crippen molar-refractivity contribution in [2.75, 3.05) is 5.32 Å². The minimum Gasteiger partial charge on any atom is -0.328 e. The molecule has 0 spiro atoms. The van der Waals surface area contributed by atoms with E-state index in [4.69, 9.17) is 10.7 Å². The molecule has 0 aliphatic carbocycles. The molecule has 0 radical (unpaired) electrons. The molecule has 1 aliphatic rings. The summed E-state index contributed by atoms with van der Waals surface area (Å²) in [4.78, 5) is 17.1. The van der Waals surface area contributed by atoms with Crippen LogP contribution >= 0.6 is 0 Å². The molecule has 2 heterocycles. The number of fused-ring (bicyclic) bond motifs is 3. The lowest BCUT2D eigenvalue weighted by molar-refractivity contribution is -0.120. The summed E-state index contributed by atoms with van der Waals surface area (Å²) in [5.74, 6) is 1.02. The van der Waals surface area contributed by atoms with Gasteiger partial charge in [-0.25, -0.2) is 4.98 Å². The van der Waals surface area contributed by atoms with Crippen LogP contribution < -0.4 is 11.1 Å². The van der Waals surface area contributed by atoms with E-state index in [9.17, 15) is 4.79 Å². The SMILES string of the molecule is CCCC(C)(N)C(=O)Nc1ccc2c(c1)nc1n2CCCCC1. The molecular weight excluding hydrogens is 288 g/mol. The maximum atomic E-state index is 12.3. The number of anilines is 1. The monoisotopic (exact) mass is 314 g/mol. The van der Waals surface area contributed by atoms with Crippen LogP contribution in [-0.4, -0.2) is 21.0 Å². The Morgan fingerprint density at radius 2 is 2.22 bits per heavy atom. The van der Waals surface area contributed by atoms with Crippen LogP contribution in [0.25, 0.3) is 11.0 Å². The summed E-state index contributed by atoms with van der Waals surface area (Å²) in [7, 11) is 0. The van der Waals surface area contributed by atoms with E-state index in [-0.39, 0.29) is 5.91 Å². The van der Waals surface area contributed by atoms with Crippen molar-refractivity contribution in [3.8, 4) is 0 Å². The maximum Gasteiger partial charge on any atom is 0.244 e. The number of carbonyl (C=O) groups excluding carboxylic acids is 1. The molecule has 0 fully saturated rings. The van der Waals surface area contributed by atoms with Gasteiger partial charge in [0.25, 0.3) is 0 Å². The number of amides is 1. The van der Waals surface area contributed by atoms with Crippen molar-refractivity contribution in [1.29, 1.82) is 0 Å². The van der Waals surface area contributed by atoms with Gasteiger partial charge < -0.3 is 15.6 Å². The smallest absolute Gasteiger partial charge is 0.244 e. The lowest BCUT2D eigenvalue weighted by Crippen LogP contribution is -2.48. The van der Waals surface area contributed by atoms with E-state index in [0.29, 0.717) is 6.42 Å². The summed E-state index contributed by atoms with van der Waals surface area (Å²) >= 11 is 0. The van der Waals surface area contributed by atoms with Gasteiger partial charge in [0.05, 0.1) is 16.6 Å². The van der Waals surface area contributed by atoms with Gasteiger partial charge in [-0.3, -0.25) is 4.79 Å². The van der Waals surface area contributed by atoms with E-state index in [2.05, 4.69) is 16.0 Å². The topological polar surface area (TPSA) is 72.9 Å². The highest BCUT2D eigenvalue weighted by Gasteiger charge is 2.27. The molecule has 0 bridgehead atoms. The molecule has 3 N–H and O–H groups in total. The summed E-state index contributed by atoms with van der Waals surface area (Å²) in [6, 6.07) is 5.96. The average molecular weight is 314 g/mol. The van der Waals surface area contributed by atoms with E-state index >= 15 is 0 Å². The first-order valence-corrected chi connectivity index (χ1v) is 8.61. The Balaban J connectivity index is 1.85. The molecular formula is C18H26N4O. The molecule has 1 aliphatic heterocycles. The van der Waals surface area contributed by atoms with Gasteiger partial charge in [0.1, 0.15) is 5.82 Å². The average Bonchev–Trinajstić information content (AvgIpc) is 2.68. The van der Waals surface area contributed by atoms with Gasteiger partial charge in [-0.15, -0.1) is 0 Å². The van der Waals surface area contributed by atoms with Crippen LogP contribution in [-0.2, 0) is 17.8 Å². The summed E-state index contributed by atoms with van der Waals surface area (Å²) < 4.78 is 2.32. The van der Waals surface area contributed by atoms with E-state index in [0.717, 1.165) is 41.9 Å². The predicted octanol–water partition coefficient (Wildman–Crippen LogP) is 3.22. The lowest BCUT2D eigenvalue weighted by atomic mass is 9.96. The third-order valence-corrected chi connectivity index (χ3v) is 4.66. The molecule has 1 aromatic heterocycles. The molecule has 23 heavy (non-hydrogen) atoms. The number of hydrogen-bond donors (Lipinski definition) is 2. The number of imidazole rings is 1. The van der Waals surface area contributed by atoms with Gasteiger partial charge in [-0.2, -0.15) is 0 Å². The minimum atomic E-state index is -0.838. The van der Waals surface area contributed by atoms with Crippen LogP contribution in [0.2, 0.25) is 0 Å². The van der Waals surface area contributed by atoms with Gasteiger partial charge in [0, 0.05) is 18.7 Å². The molecule has 1 aromatic carbocycles. The van der Waals surface area contributed by atoms with Gasteiger partial charge in [0.2, 0.25) is 5.91 Å². The lowest BCUT2D eigenvalue weighted by Gasteiger charge is -2.22. The molecule has 0 saturated carbocycles. The Morgan fingerprint density at radius 3 is 3.00 bits per heavy atom. The van der Waals surface area contributed by atoms with Crippen molar-refractivity contribution in [3.63, 3.8) is 0 Å². The van der Waals surface area contributed by atoms with Crippen molar-refractivity contribution in [1.82, 2.24) is 9.55 Å². The quantitative estimate of drug-likeness (QED) is 0.910. The van der Waals surface area contributed by atoms with Gasteiger partial charge in [-0.05, 0) is 44.4 Å². The number of rotatable bonds is 4. The van der Waals surface area contributed by atoms with Crippen molar-refractivity contribution in [2.45, 2.75) is 64.5 Å². The van der Waals surface area contributed by atoms with Crippen molar-refractivity contribution in [3.05, 3.63) is 24.0 Å². The van der Waals surface area contributed by atoms with Crippen LogP contribution in [0.1, 0.15) is 51.8 Å². The van der Waals surface area contributed by atoms with Crippen LogP contribution in [0.4, 0.5) is 5.69 Å². The fourth-order valence-corrected chi connectivity index (χ4v) is 3.33. The fourth-order valence-electron chi connectivity index (χ4n) is 3.33. The zero-order valence-electron chi connectivity index (χ0n) is 14.1. The first kappa shape index (κ1) is 16.0. The summed E-state index contributed by atoms with van der Waals surface area (Å²) in [5, 5.41) is 2.94. The van der Waals surface area contributed by atoms with Crippen molar-refractivity contribution in [2.24, 2.45) is 5.73 Å². The number of benzene rings is 1. The van der Waals surface area contributed by atoms with Crippen LogP contribution in [0.15, 0.2) is 18.2 Å². The number of carbonyl (C=O) groups is 1. The van der Waals surface area contributed by atoms with Crippen LogP contribution in [0, 0.1) is 0 Å². The Morgan fingerprint density at radius 1 is 1.39 bits per heavy atom. The number of nitrogens with one attached hydrogen (secondary N) is 1. The Labute approximate surface area is 137 Å². The number of aryl methyl sites for hydroxylation is 2. The van der Waals surface area contributed by atoms with Crippen molar-refractivity contribution < 1.29 is 4.79 Å². The zero-order valence-corrected chi connectivity index (χ0v) is 14.1. The van der Waals surface area contributed by atoms with E-state index in [1.807, 2.05) is 19.1 Å². The number of nitrogens with zero attached hydrogens (tertiary/aromatic N) is 2. The molecule has 0 saturated heterocycles. The first-order valence-electron chi connectivity index (χ1n) is 8.61. The number of nitrogens with two attached hydrogens (primary N) is 1. The van der Waals surface area contributed by atoms with Crippen LogP contribution in [0.3, 0.4) is 0 Å². The maximum absolute atomic E-state index is 12.3. The molecule has 5 heteroatoms. The van der Waals surface area contributed by atoms with Crippen LogP contribution in [0.5, 0.6) is 0 Å². The van der Waals surface area contributed by atoms with Gasteiger partial charge in [0.15, 0.2) is 0 Å². The Kier molecular flexibility index (Phi) is 4.39. The predicted molar refractivity (Wildman–Crippen MR) is 93.4 cm³/mol. The highest BCUT2D eigenvalue weighted by molar-refractivity contribution is 5.98. The number of hydrogen-bond acceptors (Lipinski definition) is 3. The van der Waals surface area contributed by atoms with Gasteiger partial charge >= 0.3 is 0 Å². The molecule has 5 nitrogen and oxygen atoms in total. The summed E-state index contributed by atoms with van der Waals surface area (Å²) in [5.41, 5.74) is 8.13. The third kappa shape index (κ3) is 3.24. The second-order valence-corrected chi connectivity index (χ2v) is 6.82. The molecule has 124 valence electrons.